The Morgan fingerprint density at radius 2 is 2.12 bits per heavy atom. The van der Waals surface area contributed by atoms with Crippen LogP contribution in [-0.4, -0.2) is 22.9 Å². The summed E-state index contributed by atoms with van der Waals surface area (Å²) in [5, 5.41) is 0. The van der Waals surface area contributed by atoms with Gasteiger partial charge in [-0.2, -0.15) is 0 Å². The maximum atomic E-state index is 11.7. The number of nitrogens with zero attached hydrogens (tertiary/aromatic N) is 1. The Bertz CT molecular complexity index is 416. The Hall–Kier alpha value is -1.84. The van der Waals surface area contributed by atoms with Gasteiger partial charge in [0.25, 0.3) is 0 Å². The molecule has 4 heteroatoms. The zero-order chi connectivity index (χ0) is 12.3. The molecule has 17 heavy (non-hydrogen) atoms. The summed E-state index contributed by atoms with van der Waals surface area (Å²) >= 11 is 0. The third-order valence-corrected chi connectivity index (χ3v) is 2.89. The van der Waals surface area contributed by atoms with Crippen molar-refractivity contribution in [2.75, 3.05) is 0 Å². The SMILES string of the molecule is C[C@@H]1CCC(=O)N1C(=O)OCc1ccccc1. The first-order chi connectivity index (χ1) is 8.18. The standard InChI is InChI=1S/C13H15NO3/c1-10-7-8-12(15)14(10)13(16)17-9-11-5-3-2-4-6-11/h2-6,10H,7-9H2,1H3/t10-/m1/s1. The van der Waals surface area contributed by atoms with E-state index in [1.807, 2.05) is 37.3 Å². The van der Waals surface area contributed by atoms with Crippen molar-refractivity contribution in [3.63, 3.8) is 0 Å². The lowest BCUT2D eigenvalue weighted by Crippen LogP contribution is -2.37. The van der Waals surface area contributed by atoms with E-state index in [9.17, 15) is 9.59 Å². The summed E-state index contributed by atoms with van der Waals surface area (Å²) in [6.45, 7) is 2.06. The summed E-state index contributed by atoms with van der Waals surface area (Å²) in [4.78, 5) is 24.4. The van der Waals surface area contributed by atoms with Crippen molar-refractivity contribution in [1.82, 2.24) is 4.90 Å². The molecule has 0 saturated carbocycles. The fourth-order valence-electron chi connectivity index (χ4n) is 1.90. The summed E-state index contributed by atoms with van der Waals surface area (Å²) < 4.78 is 5.12. The molecule has 0 radical (unpaired) electrons. The monoisotopic (exact) mass is 233 g/mol. The van der Waals surface area contributed by atoms with E-state index in [1.54, 1.807) is 0 Å². The first kappa shape index (κ1) is 11.6. The van der Waals surface area contributed by atoms with Gasteiger partial charge in [0.15, 0.2) is 0 Å². The van der Waals surface area contributed by atoms with Gasteiger partial charge in [-0.1, -0.05) is 30.3 Å². The molecule has 1 heterocycles. The number of carbonyl (C=O) groups excluding carboxylic acids is 2. The quantitative estimate of drug-likeness (QED) is 0.787. The fourth-order valence-corrected chi connectivity index (χ4v) is 1.90. The van der Waals surface area contributed by atoms with Crippen LogP contribution in [0, 0.1) is 0 Å². The lowest BCUT2D eigenvalue weighted by Gasteiger charge is -2.18. The number of carbonyl (C=O) groups is 2. The minimum atomic E-state index is -0.538. The van der Waals surface area contributed by atoms with Crippen LogP contribution in [0.5, 0.6) is 0 Å². The van der Waals surface area contributed by atoms with Crippen molar-refractivity contribution in [2.24, 2.45) is 0 Å². The van der Waals surface area contributed by atoms with Crippen molar-refractivity contribution in [3.8, 4) is 0 Å². The Morgan fingerprint density at radius 3 is 2.71 bits per heavy atom. The lowest BCUT2D eigenvalue weighted by molar-refractivity contribution is -0.127. The Morgan fingerprint density at radius 1 is 1.41 bits per heavy atom. The molecule has 1 fully saturated rings. The maximum Gasteiger partial charge on any atom is 0.417 e. The molecule has 0 aromatic heterocycles. The molecular weight excluding hydrogens is 218 g/mol. The number of hydrogen-bond acceptors (Lipinski definition) is 3. The van der Waals surface area contributed by atoms with Gasteiger partial charge in [0.05, 0.1) is 0 Å². The highest BCUT2D eigenvalue weighted by molar-refractivity contribution is 5.93. The topological polar surface area (TPSA) is 46.6 Å². The second kappa shape index (κ2) is 4.99. The second-order valence-corrected chi connectivity index (χ2v) is 4.19. The number of likely N-dealkylation sites (tertiary alicyclic amines) is 1. The molecule has 1 aromatic rings. The summed E-state index contributed by atoms with van der Waals surface area (Å²) in [5.41, 5.74) is 0.917. The molecule has 2 amide bonds. The van der Waals surface area contributed by atoms with E-state index in [-0.39, 0.29) is 18.6 Å². The third kappa shape index (κ3) is 2.64. The van der Waals surface area contributed by atoms with E-state index in [0.717, 1.165) is 12.0 Å². The van der Waals surface area contributed by atoms with Crippen molar-refractivity contribution in [3.05, 3.63) is 35.9 Å². The van der Waals surface area contributed by atoms with Gasteiger partial charge in [-0.3, -0.25) is 4.79 Å². The highest BCUT2D eigenvalue weighted by Crippen LogP contribution is 2.19. The minimum Gasteiger partial charge on any atom is -0.444 e. The number of amides is 2. The predicted molar refractivity (Wildman–Crippen MR) is 62.2 cm³/mol. The first-order valence-electron chi connectivity index (χ1n) is 5.71. The molecule has 0 N–H and O–H groups in total. The molecule has 0 unspecified atom stereocenters. The van der Waals surface area contributed by atoms with Gasteiger partial charge in [-0.25, -0.2) is 9.69 Å². The molecule has 0 aliphatic carbocycles. The molecule has 1 saturated heterocycles. The molecule has 4 nitrogen and oxygen atoms in total. The highest BCUT2D eigenvalue weighted by atomic mass is 16.6. The molecule has 0 spiro atoms. The molecular formula is C13H15NO3. The third-order valence-electron chi connectivity index (χ3n) is 2.89. The van der Waals surface area contributed by atoms with Crippen molar-refractivity contribution < 1.29 is 14.3 Å². The van der Waals surface area contributed by atoms with E-state index in [2.05, 4.69) is 0 Å². The van der Waals surface area contributed by atoms with Gasteiger partial charge >= 0.3 is 6.09 Å². The van der Waals surface area contributed by atoms with E-state index in [1.165, 1.54) is 4.90 Å². The normalized spacial score (nSPS) is 19.5. The van der Waals surface area contributed by atoms with Crippen LogP contribution < -0.4 is 0 Å². The molecule has 90 valence electrons. The van der Waals surface area contributed by atoms with E-state index < -0.39 is 6.09 Å². The largest absolute Gasteiger partial charge is 0.444 e. The number of ether oxygens (including phenoxy) is 1. The first-order valence-corrected chi connectivity index (χ1v) is 5.71. The van der Waals surface area contributed by atoms with Crippen LogP contribution in [0.4, 0.5) is 4.79 Å². The van der Waals surface area contributed by atoms with Crippen LogP contribution in [0.1, 0.15) is 25.3 Å². The van der Waals surface area contributed by atoms with Crippen molar-refractivity contribution >= 4 is 12.0 Å². The Balaban J connectivity index is 1.91. The van der Waals surface area contributed by atoms with Crippen LogP contribution >= 0.6 is 0 Å². The summed E-state index contributed by atoms with van der Waals surface area (Å²) in [6.07, 6.45) is 0.616. The van der Waals surface area contributed by atoms with Crippen LogP contribution in [0.15, 0.2) is 30.3 Å². The summed E-state index contributed by atoms with van der Waals surface area (Å²) in [5.74, 6) is -0.143. The van der Waals surface area contributed by atoms with Gasteiger partial charge in [0, 0.05) is 12.5 Å². The zero-order valence-corrected chi connectivity index (χ0v) is 9.76. The number of rotatable bonds is 2. The number of benzene rings is 1. The Kier molecular flexibility index (Phi) is 3.42. The minimum absolute atomic E-state index is 0.0502. The summed E-state index contributed by atoms with van der Waals surface area (Å²) in [7, 11) is 0. The average molecular weight is 233 g/mol. The smallest absolute Gasteiger partial charge is 0.417 e. The number of imide groups is 1. The fraction of sp³-hybridized carbons (Fsp3) is 0.385. The highest BCUT2D eigenvalue weighted by Gasteiger charge is 2.33. The van der Waals surface area contributed by atoms with Gasteiger partial charge in [0.2, 0.25) is 5.91 Å². The van der Waals surface area contributed by atoms with Gasteiger partial charge in [-0.15, -0.1) is 0 Å². The van der Waals surface area contributed by atoms with Gasteiger partial charge in [-0.05, 0) is 18.9 Å². The van der Waals surface area contributed by atoms with Crippen LogP contribution in [-0.2, 0) is 16.1 Å². The van der Waals surface area contributed by atoms with Crippen LogP contribution in [0.3, 0.4) is 0 Å². The van der Waals surface area contributed by atoms with Gasteiger partial charge < -0.3 is 4.74 Å². The van der Waals surface area contributed by atoms with E-state index >= 15 is 0 Å². The number of hydrogen-bond donors (Lipinski definition) is 0. The predicted octanol–water partition coefficient (Wildman–Crippen LogP) is 2.33. The molecule has 1 aliphatic rings. The van der Waals surface area contributed by atoms with Crippen LogP contribution in [0.25, 0.3) is 0 Å². The second-order valence-electron chi connectivity index (χ2n) is 4.19. The van der Waals surface area contributed by atoms with Gasteiger partial charge in [0.1, 0.15) is 6.61 Å². The van der Waals surface area contributed by atoms with Crippen LogP contribution in [0.2, 0.25) is 0 Å². The van der Waals surface area contributed by atoms with E-state index in [0.29, 0.717) is 6.42 Å². The average Bonchev–Trinajstić information content (AvgIpc) is 2.67. The van der Waals surface area contributed by atoms with E-state index in [4.69, 9.17) is 4.74 Å². The molecule has 0 bridgehead atoms. The molecule has 2 rings (SSSR count). The maximum absolute atomic E-state index is 11.7. The molecule has 1 atom stereocenters. The molecule has 1 aliphatic heterocycles. The van der Waals surface area contributed by atoms with Crippen molar-refractivity contribution in [2.45, 2.75) is 32.4 Å². The lowest BCUT2D eigenvalue weighted by atomic mass is 10.2. The molecule has 1 aromatic carbocycles. The zero-order valence-electron chi connectivity index (χ0n) is 9.76. The Labute approximate surface area is 100 Å². The van der Waals surface area contributed by atoms with Crippen molar-refractivity contribution in [1.29, 1.82) is 0 Å². The summed E-state index contributed by atoms with van der Waals surface area (Å²) in [6, 6.07) is 9.37.